The molecule has 0 aliphatic heterocycles. The van der Waals surface area contributed by atoms with E-state index in [9.17, 15) is 18.4 Å². The molecular weight excluding hydrogens is 232 g/mol. The maximum atomic E-state index is 13.2. The van der Waals surface area contributed by atoms with Crippen LogP contribution >= 0.6 is 0 Å². The highest BCUT2D eigenvalue weighted by Gasteiger charge is 2.28. The molecule has 0 radical (unpaired) electrons. The molecule has 1 fully saturated rings. The van der Waals surface area contributed by atoms with Gasteiger partial charge in [0.1, 0.15) is 0 Å². The number of aromatic nitrogens is 1. The molecule has 1 aliphatic rings. The minimum atomic E-state index is -1.13. The van der Waals surface area contributed by atoms with Gasteiger partial charge in [-0.25, -0.2) is 18.4 Å². The quantitative estimate of drug-likeness (QED) is 0.758. The molecule has 1 aromatic carbocycles. The molecule has 88 valence electrons. The van der Waals surface area contributed by atoms with Crippen molar-refractivity contribution >= 4 is 10.9 Å². The van der Waals surface area contributed by atoms with Crippen molar-refractivity contribution in [2.75, 3.05) is 0 Å². The van der Waals surface area contributed by atoms with Gasteiger partial charge in [0.2, 0.25) is 0 Å². The summed E-state index contributed by atoms with van der Waals surface area (Å²) in [4.78, 5) is 22.9. The topological polar surface area (TPSA) is 52.2 Å². The van der Waals surface area contributed by atoms with Crippen LogP contribution in [0.2, 0.25) is 0 Å². The first-order chi connectivity index (χ1) is 8.08. The standard InChI is InChI=1S/C11H7F2NO3/c12-7-3-6-9(4-8(7)13)14(5-1-2-5)11(16)17-10(6)15/h3-5H,1-2H2. The highest BCUT2D eigenvalue weighted by Crippen LogP contribution is 2.35. The lowest BCUT2D eigenvalue weighted by Gasteiger charge is -2.06. The van der Waals surface area contributed by atoms with Gasteiger partial charge in [-0.3, -0.25) is 4.57 Å². The van der Waals surface area contributed by atoms with Gasteiger partial charge in [0, 0.05) is 12.1 Å². The van der Waals surface area contributed by atoms with Crippen molar-refractivity contribution in [1.82, 2.24) is 4.57 Å². The van der Waals surface area contributed by atoms with Crippen LogP contribution in [0.25, 0.3) is 10.9 Å². The Bertz CT molecular complexity index is 728. The van der Waals surface area contributed by atoms with E-state index in [-0.39, 0.29) is 16.9 Å². The first kappa shape index (κ1) is 10.2. The summed E-state index contributed by atoms with van der Waals surface area (Å²) in [6, 6.07) is 1.54. The molecule has 0 N–H and O–H groups in total. The second-order valence-electron chi connectivity index (χ2n) is 4.04. The number of hydrogen-bond donors (Lipinski definition) is 0. The normalized spacial score (nSPS) is 15.4. The summed E-state index contributed by atoms with van der Waals surface area (Å²) < 4.78 is 31.9. The molecule has 1 aromatic heterocycles. The van der Waals surface area contributed by atoms with Gasteiger partial charge in [-0.1, -0.05) is 0 Å². The van der Waals surface area contributed by atoms with Crippen molar-refractivity contribution in [1.29, 1.82) is 0 Å². The van der Waals surface area contributed by atoms with Crippen LogP contribution in [-0.2, 0) is 0 Å². The summed E-state index contributed by atoms with van der Waals surface area (Å²) in [5.41, 5.74) is -0.853. The Morgan fingerprint density at radius 3 is 2.47 bits per heavy atom. The molecule has 1 aliphatic carbocycles. The van der Waals surface area contributed by atoms with Crippen LogP contribution in [0.3, 0.4) is 0 Å². The fraction of sp³-hybridized carbons (Fsp3) is 0.273. The average Bonchev–Trinajstić information content (AvgIpc) is 3.05. The highest BCUT2D eigenvalue weighted by atomic mass is 19.2. The molecule has 3 rings (SSSR count). The Morgan fingerprint density at radius 2 is 1.82 bits per heavy atom. The minimum absolute atomic E-state index is 0.0841. The number of fused-ring (bicyclic) bond motifs is 1. The van der Waals surface area contributed by atoms with Crippen molar-refractivity contribution in [3.05, 3.63) is 44.7 Å². The van der Waals surface area contributed by atoms with Crippen molar-refractivity contribution in [3.63, 3.8) is 0 Å². The third-order valence-corrected chi connectivity index (χ3v) is 2.81. The third kappa shape index (κ3) is 1.48. The Morgan fingerprint density at radius 1 is 1.18 bits per heavy atom. The fourth-order valence-corrected chi connectivity index (χ4v) is 1.86. The Hall–Kier alpha value is -1.98. The number of rotatable bonds is 1. The van der Waals surface area contributed by atoms with E-state index in [0.717, 1.165) is 25.0 Å². The third-order valence-electron chi connectivity index (χ3n) is 2.81. The SMILES string of the molecule is O=c1oc(=O)n(C2CC2)c2cc(F)c(F)cc12. The number of hydrogen-bond acceptors (Lipinski definition) is 3. The summed E-state index contributed by atoms with van der Waals surface area (Å²) in [6.45, 7) is 0. The molecular formula is C11H7F2NO3. The molecule has 1 heterocycles. The minimum Gasteiger partial charge on any atom is -0.372 e. The van der Waals surface area contributed by atoms with E-state index in [0.29, 0.717) is 0 Å². The summed E-state index contributed by atoms with van der Waals surface area (Å²) in [7, 11) is 0. The number of benzene rings is 1. The van der Waals surface area contributed by atoms with Crippen LogP contribution < -0.4 is 11.4 Å². The largest absolute Gasteiger partial charge is 0.422 e. The van der Waals surface area contributed by atoms with E-state index in [1.165, 1.54) is 4.57 Å². The lowest BCUT2D eigenvalue weighted by atomic mass is 10.2. The first-order valence-electron chi connectivity index (χ1n) is 5.12. The van der Waals surface area contributed by atoms with Gasteiger partial charge in [0.25, 0.3) is 0 Å². The van der Waals surface area contributed by atoms with Crippen LogP contribution in [0.5, 0.6) is 0 Å². The maximum Gasteiger partial charge on any atom is 0.422 e. The number of nitrogens with zero attached hydrogens (tertiary/aromatic N) is 1. The van der Waals surface area contributed by atoms with Crippen LogP contribution in [0.15, 0.2) is 26.1 Å². The monoisotopic (exact) mass is 239 g/mol. The second-order valence-corrected chi connectivity index (χ2v) is 4.04. The fourth-order valence-electron chi connectivity index (χ4n) is 1.86. The van der Waals surface area contributed by atoms with E-state index in [1.807, 2.05) is 0 Å². The van der Waals surface area contributed by atoms with Gasteiger partial charge in [-0.15, -0.1) is 0 Å². The Balaban J connectivity index is 2.51. The second kappa shape index (κ2) is 3.26. The van der Waals surface area contributed by atoms with Crippen molar-refractivity contribution in [2.24, 2.45) is 0 Å². The molecule has 6 heteroatoms. The van der Waals surface area contributed by atoms with Crippen molar-refractivity contribution in [3.8, 4) is 0 Å². The van der Waals surface area contributed by atoms with Crippen molar-refractivity contribution < 1.29 is 13.2 Å². The Labute approximate surface area is 93.1 Å². The van der Waals surface area contributed by atoms with E-state index < -0.39 is 23.0 Å². The van der Waals surface area contributed by atoms with Crippen molar-refractivity contribution in [2.45, 2.75) is 18.9 Å². The molecule has 4 nitrogen and oxygen atoms in total. The number of halogens is 2. The summed E-state index contributed by atoms with van der Waals surface area (Å²) in [5.74, 6) is -3.04. The van der Waals surface area contributed by atoms with Gasteiger partial charge in [-0.05, 0) is 18.9 Å². The molecule has 1 saturated carbocycles. The van der Waals surface area contributed by atoms with Gasteiger partial charge < -0.3 is 4.42 Å². The van der Waals surface area contributed by atoms with Crippen LogP contribution in [0.4, 0.5) is 8.78 Å². The summed E-state index contributed by atoms with van der Waals surface area (Å²) >= 11 is 0. The molecule has 0 unspecified atom stereocenters. The van der Waals surface area contributed by atoms with Gasteiger partial charge in [-0.2, -0.15) is 0 Å². The predicted molar refractivity (Wildman–Crippen MR) is 54.9 cm³/mol. The smallest absolute Gasteiger partial charge is 0.372 e. The van der Waals surface area contributed by atoms with E-state index in [2.05, 4.69) is 4.42 Å². The van der Waals surface area contributed by atoms with Crippen LogP contribution in [0.1, 0.15) is 18.9 Å². The summed E-state index contributed by atoms with van der Waals surface area (Å²) in [6.07, 6.45) is 1.53. The van der Waals surface area contributed by atoms with E-state index >= 15 is 0 Å². The maximum absolute atomic E-state index is 13.2. The first-order valence-corrected chi connectivity index (χ1v) is 5.12. The average molecular weight is 239 g/mol. The zero-order chi connectivity index (χ0) is 12.2. The molecule has 0 atom stereocenters. The van der Waals surface area contributed by atoms with E-state index in [1.54, 1.807) is 0 Å². The molecule has 0 saturated heterocycles. The van der Waals surface area contributed by atoms with Crippen LogP contribution in [-0.4, -0.2) is 4.57 Å². The Kier molecular flexibility index (Phi) is 1.95. The van der Waals surface area contributed by atoms with Gasteiger partial charge in [0.05, 0.1) is 10.9 Å². The zero-order valence-electron chi connectivity index (χ0n) is 8.57. The van der Waals surface area contributed by atoms with Gasteiger partial charge in [0.15, 0.2) is 11.6 Å². The zero-order valence-corrected chi connectivity index (χ0v) is 8.57. The predicted octanol–water partition coefficient (Wildman–Crippen LogP) is 1.57. The molecule has 2 aromatic rings. The molecule has 0 bridgehead atoms. The lowest BCUT2D eigenvalue weighted by molar-refractivity contribution is 0.416. The molecule has 17 heavy (non-hydrogen) atoms. The lowest BCUT2D eigenvalue weighted by Crippen LogP contribution is -2.24. The van der Waals surface area contributed by atoms with Crippen LogP contribution in [0, 0.1) is 11.6 Å². The molecule has 0 spiro atoms. The molecule has 0 amide bonds. The highest BCUT2D eigenvalue weighted by molar-refractivity contribution is 5.77. The summed E-state index contributed by atoms with van der Waals surface area (Å²) in [5, 5.41) is -0.115. The van der Waals surface area contributed by atoms with Gasteiger partial charge >= 0.3 is 11.4 Å². The van der Waals surface area contributed by atoms with E-state index in [4.69, 9.17) is 0 Å².